The molecule has 3 nitrogen and oxygen atoms in total. The highest BCUT2D eigenvalue weighted by Crippen LogP contribution is 2.27. The number of halogens is 1. The number of hydrogen-bond donors (Lipinski definition) is 2. The Morgan fingerprint density at radius 2 is 2.21 bits per heavy atom. The minimum Gasteiger partial charge on any atom is -0.496 e. The highest BCUT2D eigenvalue weighted by Gasteiger charge is 2.07. The molecule has 0 fully saturated rings. The number of hydrogen-bond acceptors (Lipinski definition) is 3. The van der Waals surface area contributed by atoms with Gasteiger partial charge >= 0.3 is 0 Å². The smallest absolute Gasteiger partial charge is 0.133 e. The Kier molecular flexibility index (Phi) is 4.38. The van der Waals surface area contributed by atoms with E-state index in [-0.39, 0.29) is 6.04 Å². The first-order valence-corrected chi connectivity index (χ1v) is 5.27. The molecule has 4 N–H and O–H groups in total. The van der Waals surface area contributed by atoms with Crippen LogP contribution >= 0.6 is 15.9 Å². The third kappa shape index (κ3) is 2.70. The molecule has 0 aliphatic rings. The van der Waals surface area contributed by atoms with E-state index in [2.05, 4.69) is 15.9 Å². The van der Waals surface area contributed by atoms with Gasteiger partial charge in [0.05, 0.1) is 11.6 Å². The molecule has 4 heteroatoms. The molecule has 1 atom stereocenters. The van der Waals surface area contributed by atoms with Crippen molar-refractivity contribution in [2.45, 2.75) is 12.5 Å². The molecule has 0 saturated carbocycles. The fourth-order valence-corrected chi connectivity index (χ4v) is 1.82. The van der Waals surface area contributed by atoms with Crippen LogP contribution in [0.1, 0.15) is 18.0 Å². The predicted octanol–water partition coefficient (Wildman–Crippen LogP) is 1.81. The van der Waals surface area contributed by atoms with Gasteiger partial charge in [0.15, 0.2) is 0 Å². The van der Waals surface area contributed by atoms with Gasteiger partial charge in [0.1, 0.15) is 5.75 Å². The first-order valence-electron chi connectivity index (χ1n) is 4.48. The average molecular weight is 259 g/mol. The second-order valence-electron chi connectivity index (χ2n) is 3.08. The molecule has 0 bridgehead atoms. The van der Waals surface area contributed by atoms with Crippen LogP contribution in [-0.2, 0) is 0 Å². The van der Waals surface area contributed by atoms with Gasteiger partial charge in [-0.2, -0.15) is 0 Å². The number of methoxy groups -OCH3 is 1. The zero-order valence-electron chi connectivity index (χ0n) is 8.16. The van der Waals surface area contributed by atoms with Gasteiger partial charge in [0.25, 0.3) is 0 Å². The Hall–Kier alpha value is -0.580. The number of benzene rings is 1. The van der Waals surface area contributed by atoms with Gasteiger partial charge in [0, 0.05) is 6.04 Å². The second kappa shape index (κ2) is 5.34. The van der Waals surface area contributed by atoms with E-state index in [9.17, 15) is 0 Å². The molecule has 0 spiro atoms. The first kappa shape index (κ1) is 11.5. The molecule has 1 aromatic rings. The molecule has 1 rings (SSSR count). The van der Waals surface area contributed by atoms with Crippen molar-refractivity contribution in [3.05, 3.63) is 28.2 Å². The van der Waals surface area contributed by atoms with Crippen LogP contribution in [0.4, 0.5) is 0 Å². The minimum absolute atomic E-state index is 0.00204. The van der Waals surface area contributed by atoms with E-state index in [0.717, 1.165) is 22.2 Å². The summed E-state index contributed by atoms with van der Waals surface area (Å²) in [6, 6.07) is 5.83. The third-order valence-electron chi connectivity index (χ3n) is 2.08. The topological polar surface area (TPSA) is 61.3 Å². The van der Waals surface area contributed by atoms with Crippen LogP contribution in [0.3, 0.4) is 0 Å². The van der Waals surface area contributed by atoms with E-state index in [0.29, 0.717) is 6.54 Å². The summed E-state index contributed by atoms with van der Waals surface area (Å²) in [5, 5.41) is 0. The lowest BCUT2D eigenvalue weighted by molar-refractivity contribution is 0.412. The zero-order chi connectivity index (χ0) is 10.6. The predicted molar refractivity (Wildman–Crippen MR) is 61.3 cm³/mol. The Morgan fingerprint density at radius 3 is 2.71 bits per heavy atom. The van der Waals surface area contributed by atoms with Crippen LogP contribution in [0.5, 0.6) is 5.75 Å². The summed E-state index contributed by atoms with van der Waals surface area (Å²) in [6.45, 7) is 0.602. The van der Waals surface area contributed by atoms with Crippen LogP contribution in [-0.4, -0.2) is 13.7 Å². The molecule has 0 heterocycles. The number of rotatable bonds is 4. The lowest BCUT2D eigenvalue weighted by Gasteiger charge is -2.12. The van der Waals surface area contributed by atoms with Crippen molar-refractivity contribution in [1.29, 1.82) is 0 Å². The summed E-state index contributed by atoms with van der Waals surface area (Å²) in [5.74, 6) is 0.814. The van der Waals surface area contributed by atoms with E-state index in [4.69, 9.17) is 16.2 Å². The van der Waals surface area contributed by atoms with Crippen molar-refractivity contribution in [1.82, 2.24) is 0 Å². The fraction of sp³-hybridized carbons (Fsp3) is 0.400. The molecule has 0 amide bonds. The monoisotopic (exact) mass is 258 g/mol. The summed E-state index contributed by atoms with van der Waals surface area (Å²) in [7, 11) is 1.64. The average Bonchev–Trinajstić information content (AvgIpc) is 2.18. The molecular formula is C10H15BrN2O. The van der Waals surface area contributed by atoms with Crippen LogP contribution in [0.2, 0.25) is 0 Å². The van der Waals surface area contributed by atoms with Gasteiger partial charge in [-0.25, -0.2) is 0 Å². The maximum absolute atomic E-state index is 5.92. The summed E-state index contributed by atoms with van der Waals surface area (Å²) in [6.07, 6.45) is 0.790. The summed E-state index contributed by atoms with van der Waals surface area (Å²) < 4.78 is 6.05. The summed E-state index contributed by atoms with van der Waals surface area (Å²) in [5.41, 5.74) is 12.4. The van der Waals surface area contributed by atoms with Gasteiger partial charge in [-0.3, -0.25) is 0 Å². The fourth-order valence-electron chi connectivity index (χ4n) is 1.26. The van der Waals surface area contributed by atoms with Crippen molar-refractivity contribution in [2.75, 3.05) is 13.7 Å². The first-order chi connectivity index (χ1) is 6.69. The van der Waals surface area contributed by atoms with Crippen LogP contribution in [0, 0.1) is 0 Å². The second-order valence-corrected chi connectivity index (χ2v) is 3.93. The lowest BCUT2D eigenvalue weighted by atomic mass is 10.0. The standard InChI is InChI=1S/C10H15BrN2O/c1-14-10-3-2-7(6-8(10)11)9(13)4-5-12/h2-3,6,9H,4-5,12-13H2,1H3/t9-/m1/s1. The lowest BCUT2D eigenvalue weighted by Crippen LogP contribution is -2.15. The zero-order valence-corrected chi connectivity index (χ0v) is 9.75. The minimum atomic E-state index is 0.00204. The molecule has 78 valence electrons. The molecule has 0 saturated heterocycles. The van der Waals surface area contributed by atoms with Crippen LogP contribution < -0.4 is 16.2 Å². The number of nitrogens with two attached hydrogens (primary N) is 2. The Bertz CT molecular complexity index is 304. The van der Waals surface area contributed by atoms with Crippen molar-refractivity contribution in [2.24, 2.45) is 11.5 Å². The van der Waals surface area contributed by atoms with Crippen molar-refractivity contribution >= 4 is 15.9 Å². The van der Waals surface area contributed by atoms with Gasteiger partial charge < -0.3 is 16.2 Å². The van der Waals surface area contributed by atoms with Gasteiger partial charge in [-0.05, 0) is 46.6 Å². The van der Waals surface area contributed by atoms with Crippen molar-refractivity contribution < 1.29 is 4.74 Å². The van der Waals surface area contributed by atoms with E-state index in [1.807, 2.05) is 18.2 Å². The SMILES string of the molecule is COc1ccc([C@H](N)CCN)cc1Br. The van der Waals surface area contributed by atoms with E-state index in [1.165, 1.54) is 0 Å². The van der Waals surface area contributed by atoms with Gasteiger partial charge in [-0.15, -0.1) is 0 Å². The molecule has 0 aliphatic carbocycles. The van der Waals surface area contributed by atoms with Crippen LogP contribution in [0.25, 0.3) is 0 Å². The highest BCUT2D eigenvalue weighted by molar-refractivity contribution is 9.10. The van der Waals surface area contributed by atoms with Crippen molar-refractivity contribution in [3.63, 3.8) is 0 Å². The molecule has 0 aliphatic heterocycles. The molecule has 1 aromatic carbocycles. The van der Waals surface area contributed by atoms with Crippen LogP contribution in [0.15, 0.2) is 22.7 Å². The van der Waals surface area contributed by atoms with Gasteiger partial charge in [0.2, 0.25) is 0 Å². The van der Waals surface area contributed by atoms with E-state index < -0.39 is 0 Å². The Morgan fingerprint density at radius 1 is 1.50 bits per heavy atom. The third-order valence-corrected chi connectivity index (χ3v) is 2.70. The molecule has 14 heavy (non-hydrogen) atoms. The maximum Gasteiger partial charge on any atom is 0.133 e. The largest absolute Gasteiger partial charge is 0.496 e. The molecule has 0 radical (unpaired) electrons. The Labute approximate surface area is 92.6 Å². The Balaban J connectivity index is 2.85. The molecule has 0 unspecified atom stereocenters. The molecular weight excluding hydrogens is 244 g/mol. The highest BCUT2D eigenvalue weighted by atomic mass is 79.9. The van der Waals surface area contributed by atoms with E-state index in [1.54, 1.807) is 7.11 Å². The van der Waals surface area contributed by atoms with Gasteiger partial charge in [-0.1, -0.05) is 6.07 Å². The maximum atomic E-state index is 5.92. The normalized spacial score (nSPS) is 12.6. The van der Waals surface area contributed by atoms with E-state index >= 15 is 0 Å². The molecule has 0 aromatic heterocycles. The summed E-state index contributed by atoms with van der Waals surface area (Å²) >= 11 is 3.41. The quantitative estimate of drug-likeness (QED) is 0.866. The summed E-state index contributed by atoms with van der Waals surface area (Å²) in [4.78, 5) is 0. The number of ether oxygens (including phenoxy) is 1. The van der Waals surface area contributed by atoms with Crippen molar-refractivity contribution in [3.8, 4) is 5.75 Å².